The van der Waals surface area contributed by atoms with Crippen LogP contribution < -0.4 is 5.32 Å². The third kappa shape index (κ3) is 4.56. The van der Waals surface area contributed by atoms with E-state index in [2.05, 4.69) is 10.3 Å². The Bertz CT molecular complexity index is 1020. The molecule has 0 saturated carbocycles. The first kappa shape index (κ1) is 18.3. The number of amides is 1. The lowest BCUT2D eigenvalue weighted by molar-refractivity contribution is -0.115. The fourth-order valence-electron chi connectivity index (χ4n) is 2.39. The van der Waals surface area contributed by atoms with Gasteiger partial charge in [-0.1, -0.05) is 42.0 Å². The Morgan fingerprint density at radius 1 is 1.08 bits per heavy atom. The molecule has 0 radical (unpaired) electrons. The summed E-state index contributed by atoms with van der Waals surface area (Å²) in [5.74, 6) is -0.193. The highest BCUT2D eigenvalue weighted by atomic mass is 32.2. The number of carbonyl (C=O) groups excluding carboxylic acids is 1. The molecule has 0 saturated heterocycles. The number of hydrogen-bond acceptors (Lipinski definition) is 5. The lowest BCUT2D eigenvalue weighted by Crippen LogP contribution is -2.14. The summed E-state index contributed by atoms with van der Waals surface area (Å²) >= 11 is 1.37. The molecule has 0 spiro atoms. The fraction of sp³-hybridized carbons (Fsp3) is 0.158. The number of sulfone groups is 1. The molecule has 3 aromatic rings. The Kier molecular flexibility index (Phi) is 5.20. The lowest BCUT2D eigenvalue weighted by Gasteiger charge is -2.03. The largest absolute Gasteiger partial charge is 0.302 e. The number of carbonyl (C=O) groups is 1. The quantitative estimate of drug-likeness (QED) is 0.725. The lowest BCUT2D eigenvalue weighted by atomic mass is 10.1. The van der Waals surface area contributed by atoms with Crippen LogP contribution in [0.25, 0.3) is 11.3 Å². The summed E-state index contributed by atoms with van der Waals surface area (Å²) in [7, 11) is -3.23. The Labute approximate surface area is 156 Å². The van der Waals surface area contributed by atoms with Crippen LogP contribution in [0.15, 0.2) is 58.8 Å². The second kappa shape index (κ2) is 7.39. The molecule has 7 heteroatoms. The number of nitrogens with one attached hydrogen (secondary N) is 1. The first-order chi connectivity index (χ1) is 12.3. The van der Waals surface area contributed by atoms with Crippen molar-refractivity contribution in [3.05, 3.63) is 65.0 Å². The van der Waals surface area contributed by atoms with Crippen molar-refractivity contribution >= 4 is 32.2 Å². The average Bonchev–Trinajstić information content (AvgIpc) is 3.03. The van der Waals surface area contributed by atoms with Gasteiger partial charge in [0.1, 0.15) is 0 Å². The minimum atomic E-state index is -3.23. The Balaban J connectivity index is 1.64. The molecule has 3 rings (SSSR count). The maximum Gasteiger partial charge on any atom is 0.230 e. The Hall–Kier alpha value is -2.51. The number of benzene rings is 2. The van der Waals surface area contributed by atoms with E-state index in [9.17, 15) is 13.2 Å². The highest BCUT2D eigenvalue weighted by molar-refractivity contribution is 7.90. The molecule has 134 valence electrons. The molecule has 2 aromatic carbocycles. The molecule has 0 aliphatic carbocycles. The smallest absolute Gasteiger partial charge is 0.230 e. The molecule has 1 amide bonds. The average molecular weight is 386 g/mol. The predicted octanol–water partition coefficient (Wildman–Crippen LogP) is 3.70. The summed E-state index contributed by atoms with van der Waals surface area (Å²) in [5, 5.41) is 5.23. The summed E-state index contributed by atoms with van der Waals surface area (Å²) in [6.07, 6.45) is 1.31. The van der Waals surface area contributed by atoms with E-state index in [4.69, 9.17) is 0 Å². The van der Waals surface area contributed by atoms with Gasteiger partial charge >= 0.3 is 0 Å². The maximum absolute atomic E-state index is 12.2. The van der Waals surface area contributed by atoms with Crippen LogP contribution in [0.2, 0.25) is 0 Å². The molecule has 0 aliphatic rings. The minimum absolute atomic E-state index is 0.156. The summed E-state index contributed by atoms with van der Waals surface area (Å²) in [6, 6.07) is 14.4. The van der Waals surface area contributed by atoms with E-state index < -0.39 is 9.84 Å². The van der Waals surface area contributed by atoms with Crippen molar-refractivity contribution in [3.8, 4) is 11.3 Å². The summed E-state index contributed by atoms with van der Waals surface area (Å²) in [4.78, 5) is 16.9. The van der Waals surface area contributed by atoms with Gasteiger partial charge in [-0.15, -0.1) is 11.3 Å². The van der Waals surface area contributed by atoms with Gasteiger partial charge in [0.05, 0.1) is 17.0 Å². The molecule has 0 unspecified atom stereocenters. The normalized spacial score (nSPS) is 11.3. The van der Waals surface area contributed by atoms with Crippen molar-refractivity contribution in [2.75, 3.05) is 11.6 Å². The zero-order valence-corrected chi connectivity index (χ0v) is 16.0. The predicted molar refractivity (Wildman–Crippen MR) is 104 cm³/mol. The van der Waals surface area contributed by atoms with E-state index in [1.807, 2.05) is 36.6 Å². The van der Waals surface area contributed by atoms with Crippen LogP contribution in [-0.4, -0.2) is 25.6 Å². The zero-order chi connectivity index (χ0) is 18.7. The zero-order valence-electron chi connectivity index (χ0n) is 14.4. The van der Waals surface area contributed by atoms with Gasteiger partial charge in [0.15, 0.2) is 15.0 Å². The van der Waals surface area contributed by atoms with E-state index >= 15 is 0 Å². The van der Waals surface area contributed by atoms with Crippen LogP contribution in [0.1, 0.15) is 11.1 Å². The number of thiazole rings is 1. The summed E-state index contributed by atoms with van der Waals surface area (Å²) in [6.45, 7) is 2.03. The van der Waals surface area contributed by atoms with Crippen molar-refractivity contribution in [2.45, 2.75) is 18.2 Å². The van der Waals surface area contributed by atoms with Gasteiger partial charge in [-0.05, 0) is 24.6 Å². The van der Waals surface area contributed by atoms with Gasteiger partial charge in [-0.25, -0.2) is 13.4 Å². The fourth-order valence-corrected chi connectivity index (χ4v) is 3.76. The molecule has 0 fully saturated rings. The van der Waals surface area contributed by atoms with Crippen LogP contribution in [0.5, 0.6) is 0 Å². The first-order valence-electron chi connectivity index (χ1n) is 7.93. The summed E-state index contributed by atoms with van der Waals surface area (Å²) < 4.78 is 22.9. The van der Waals surface area contributed by atoms with Gasteiger partial charge in [0, 0.05) is 17.2 Å². The number of nitrogens with zero attached hydrogens (tertiary/aromatic N) is 1. The molecule has 1 aromatic heterocycles. The second-order valence-electron chi connectivity index (χ2n) is 6.04. The van der Waals surface area contributed by atoms with Crippen LogP contribution >= 0.6 is 11.3 Å². The molecule has 1 N–H and O–H groups in total. The van der Waals surface area contributed by atoms with Crippen molar-refractivity contribution in [3.63, 3.8) is 0 Å². The SMILES string of the molecule is Cc1ccc(-c2csc(NC(=O)Cc3ccc(S(C)(=O)=O)cc3)n2)cc1. The highest BCUT2D eigenvalue weighted by Gasteiger charge is 2.10. The van der Waals surface area contributed by atoms with Crippen molar-refractivity contribution < 1.29 is 13.2 Å². The first-order valence-corrected chi connectivity index (χ1v) is 10.7. The van der Waals surface area contributed by atoms with Gasteiger partial charge in [0.2, 0.25) is 5.91 Å². The number of rotatable bonds is 5. The summed E-state index contributed by atoms with van der Waals surface area (Å²) in [5.41, 5.74) is 3.75. The van der Waals surface area contributed by atoms with E-state index in [0.29, 0.717) is 5.13 Å². The Morgan fingerprint density at radius 2 is 1.73 bits per heavy atom. The molecule has 1 heterocycles. The monoisotopic (exact) mass is 386 g/mol. The van der Waals surface area contributed by atoms with Crippen LogP contribution in [-0.2, 0) is 21.1 Å². The van der Waals surface area contributed by atoms with E-state index in [-0.39, 0.29) is 17.2 Å². The molecular formula is C19H18N2O3S2. The van der Waals surface area contributed by atoms with Crippen molar-refractivity contribution in [1.29, 1.82) is 0 Å². The van der Waals surface area contributed by atoms with Gasteiger partial charge in [-0.3, -0.25) is 4.79 Å². The number of hydrogen-bond donors (Lipinski definition) is 1. The third-order valence-electron chi connectivity index (χ3n) is 3.81. The molecule has 5 nitrogen and oxygen atoms in total. The molecule has 26 heavy (non-hydrogen) atoms. The number of aromatic nitrogens is 1. The second-order valence-corrected chi connectivity index (χ2v) is 8.92. The standard InChI is InChI=1S/C19H18N2O3S2/c1-13-3-7-15(8-4-13)17-12-25-19(20-17)21-18(22)11-14-5-9-16(10-6-14)26(2,23)24/h3-10,12H,11H2,1-2H3,(H,20,21,22). The molecule has 0 atom stereocenters. The van der Waals surface area contributed by atoms with Crippen LogP contribution in [0, 0.1) is 6.92 Å². The number of anilines is 1. The van der Waals surface area contributed by atoms with E-state index in [1.165, 1.54) is 29.0 Å². The van der Waals surface area contributed by atoms with E-state index in [1.54, 1.807) is 12.1 Å². The van der Waals surface area contributed by atoms with Crippen molar-refractivity contribution in [1.82, 2.24) is 4.98 Å². The van der Waals surface area contributed by atoms with Gasteiger partial charge in [0.25, 0.3) is 0 Å². The molecular weight excluding hydrogens is 368 g/mol. The minimum Gasteiger partial charge on any atom is -0.302 e. The van der Waals surface area contributed by atoms with E-state index in [0.717, 1.165) is 23.1 Å². The Morgan fingerprint density at radius 3 is 2.35 bits per heavy atom. The maximum atomic E-state index is 12.2. The molecule has 0 aliphatic heterocycles. The third-order valence-corrected chi connectivity index (χ3v) is 5.70. The molecule has 0 bridgehead atoms. The van der Waals surface area contributed by atoms with Crippen molar-refractivity contribution in [2.24, 2.45) is 0 Å². The van der Waals surface area contributed by atoms with Gasteiger partial charge in [-0.2, -0.15) is 0 Å². The van der Waals surface area contributed by atoms with Crippen LogP contribution in [0.4, 0.5) is 5.13 Å². The topological polar surface area (TPSA) is 76.1 Å². The van der Waals surface area contributed by atoms with Crippen LogP contribution in [0.3, 0.4) is 0 Å². The highest BCUT2D eigenvalue weighted by Crippen LogP contribution is 2.25. The van der Waals surface area contributed by atoms with Gasteiger partial charge < -0.3 is 5.32 Å². The number of aryl methyl sites for hydroxylation is 1.